The molecule has 3 aromatic carbocycles. The van der Waals surface area contributed by atoms with Crippen molar-refractivity contribution in [3.8, 4) is 0 Å². The summed E-state index contributed by atoms with van der Waals surface area (Å²) >= 11 is 0. The highest BCUT2D eigenvalue weighted by atomic mass is 16.3. The Morgan fingerprint density at radius 2 is 1.72 bits per heavy atom. The SMILES string of the molecule is Cc1ccc2c(c1)C(O)CCCN2C(=O)c1ccc(NC(=O)c2ccccc2C)cc1C. The molecule has 3 aromatic rings. The monoisotopic (exact) mass is 428 g/mol. The first-order valence-corrected chi connectivity index (χ1v) is 10.9. The van der Waals surface area contributed by atoms with Crippen LogP contribution in [-0.2, 0) is 0 Å². The van der Waals surface area contributed by atoms with Gasteiger partial charge in [0.05, 0.1) is 6.10 Å². The summed E-state index contributed by atoms with van der Waals surface area (Å²) in [5, 5.41) is 13.5. The summed E-state index contributed by atoms with van der Waals surface area (Å²) in [6.07, 6.45) is 0.788. The first-order valence-electron chi connectivity index (χ1n) is 10.9. The molecule has 0 saturated carbocycles. The minimum absolute atomic E-state index is 0.0986. The molecule has 5 nitrogen and oxygen atoms in total. The van der Waals surface area contributed by atoms with E-state index in [9.17, 15) is 14.7 Å². The molecule has 4 rings (SSSR count). The quantitative estimate of drug-likeness (QED) is 0.592. The van der Waals surface area contributed by atoms with E-state index in [4.69, 9.17) is 0 Å². The molecule has 0 aliphatic carbocycles. The molecule has 1 aliphatic rings. The third kappa shape index (κ3) is 4.30. The molecule has 1 heterocycles. The lowest BCUT2D eigenvalue weighted by atomic mass is 10.0. The summed E-state index contributed by atoms with van der Waals surface area (Å²) in [5.74, 6) is -0.272. The van der Waals surface area contributed by atoms with Gasteiger partial charge in [-0.05, 0) is 75.1 Å². The zero-order valence-corrected chi connectivity index (χ0v) is 18.7. The van der Waals surface area contributed by atoms with Crippen LogP contribution >= 0.6 is 0 Å². The van der Waals surface area contributed by atoms with Crippen LogP contribution in [0.2, 0.25) is 0 Å². The van der Waals surface area contributed by atoms with Crippen LogP contribution in [0.4, 0.5) is 11.4 Å². The summed E-state index contributed by atoms with van der Waals surface area (Å²) in [6.45, 7) is 6.31. The van der Waals surface area contributed by atoms with E-state index < -0.39 is 6.10 Å². The van der Waals surface area contributed by atoms with E-state index in [-0.39, 0.29) is 11.8 Å². The van der Waals surface area contributed by atoms with Gasteiger partial charge in [0, 0.05) is 34.6 Å². The third-order valence-corrected chi connectivity index (χ3v) is 6.04. The molecule has 0 aromatic heterocycles. The van der Waals surface area contributed by atoms with Crippen molar-refractivity contribution < 1.29 is 14.7 Å². The van der Waals surface area contributed by atoms with Gasteiger partial charge in [0.1, 0.15) is 0 Å². The number of fused-ring (bicyclic) bond motifs is 1. The molecule has 2 amide bonds. The Balaban J connectivity index is 1.60. The number of benzene rings is 3. The predicted octanol–water partition coefficient (Wildman–Crippen LogP) is 5.34. The number of carbonyl (C=O) groups excluding carboxylic acids is 2. The molecule has 0 saturated heterocycles. The van der Waals surface area contributed by atoms with E-state index >= 15 is 0 Å². The first-order chi connectivity index (χ1) is 15.3. The topological polar surface area (TPSA) is 69.6 Å². The van der Waals surface area contributed by atoms with Crippen molar-refractivity contribution in [2.75, 3.05) is 16.8 Å². The number of carbonyl (C=O) groups is 2. The van der Waals surface area contributed by atoms with Crippen molar-refractivity contribution >= 4 is 23.2 Å². The van der Waals surface area contributed by atoms with Gasteiger partial charge in [0.15, 0.2) is 0 Å². The van der Waals surface area contributed by atoms with Crippen LogP contribution in [0.5, 0.6) is 0 Å². The van der Waals surface area contributed by atoms with Gasteiger partial charge in [-0.15, -0.1) is 0 Å². The molecule has 32 heavy (non-hydrogen) atoms. The number of aryl methyl sites for hydroxylation is 3. The summed E-state index contributed by atoms with van der Waals surface area (Å²) in [5.41, 5.74) is 6.18. The third-order valence-electron chi connectivity index (χ3n) is 6.04. The number of hydrogen-bond donors (Lipinski definition) is 2. The fraction of sp³-hybridized carbons (Fsp3) is 0.259. The van der Waals surface area contributed by atoms with Crippen molar-refractivity contribution in [1.29, 1.82) is 0 Å². The van der Waals surface area contributed by atoms with E-state index in [1.165, 1.54) is 0 Å². The lowest BCUT2D eigenvalue weighted by Crippen LogP contribution is -2.32. The Bertz CT molecular complexity index is 1190. The molecule has 0 bridgehead atoms. The maximum Gasteiger partial charge on any atom is 0.258 e. The van der Waals surface area contributed by atoms with Crippen LogP contribution in [0, 0.1) is 20.8 Å². The molecule has 5 heteroatoms. The zero-order chi connectivity index (χ0) is 22.8. The second-order valence-corrected chi connectivity index (χ2v) is 8.48. The number of rotatable bonds is 3. The van der Waals surface area contributed by atoms with Crippen molar-refractivity contribution in [1.82, 2.24) is 0 Å². The minimum Gasteiger partial charge on any atom is -0.388 e. The second-order valence-electron chi connectivity index (χ2n) is 8.48. The normalized spacial score (nSPS) is 15.6. The number of nitrogens with one attached hydrogen (secondary N) is 1. The van der Waals surface area contributed by atoms with Crippen molar-refractivity contribution in [3.63, 3.8) is 0 Å². The van der Waals surface area contributed by atoms with Gasteiger partial charge in [0.2, 0.25) is 0 Å². The zero-order valence-electron chi connectivity index (χ0n) is 18.7. The first kappa shape index (κ1) is 21.8. The fourth-order valence-corrected chi connectivity index (χ4v) is 4.27. The molecule has 164 valence electrons. The summed E-state index contributed by atoms with van der Waals surface area (Å²) in [4.78, 5) is 27.9. The minimum atomic E-state index is -0.567. The van der Waals surface area contributed by atoms with Gasteiger partial charge < -0.3 is 15.3 Å². The van der Waals surface area contributed by atoms with Crippen LogP contribution in [0.3, 0.4) is 0 Å². The van der Waals surface area contributed by atoms with E-state index in [2.05, 4.69) is 5.32 Å². The number of nitrogens with zero attached hydrogens (tertiary/aromatic N) is 1. The summed E-state index contributed by atoms with van der Waals surface area (Å²) < 4.78 is 0. The lowest BCUT2D eigenvalue weighted by molar-refractivity contribution is 0.0985. The van der Waals surface area contributed by atoms with E-state index in [0.717, 1.165) is 34.4 Å². The Morgan fingerprint density at radius 1 is 0.938 bits per heavy atom. The Hall–Kier alpha value is -3.44. The second kappa shape index (κ2) is 8.97. The molecule has 0 spiro atoms. The molecule has 1 unspecified atom stereocenters. The van der Waals surface area contributed by atoms with Crippen molar-refractivity contribution in [2.45, 2.75) is 39.7 Å². The highest BCUT2D eigenvalue weighted by Gasteiger charge is 2.27. The van der Waals surface area contributed by atoms with Gasteiger partial charge in [-0.3, -0.25) is 9.59 Å². The predicted molar refractivity (Wildman–Crippen MR) is 127 cm³/mol. The number of amides is 2. The number of hydrogen-bond acceptors (Lipinski definition) is 3. The van der Waals surface area contributed by atoms with Crippen molar-refractivity contribution in [2.24, 2.45) is 0 Å². The average molecular weight is 429 g/mol. The number of aliphatic hydroxyl groups excluding tert-OH is 1. The average Bonchev–Trinajstić information content (AvgIpc) is 2.92. The Morgan fingerprint density at radius 3 is 2.47 bits per heavy atom. The molecule has 0 fully saturated rings. The fourth-order valence-electron chi connectivity index (χ4n) is 4.27. The van der Waals surface area contributed by atoms with Crippen LogP contribution in [0.25, 0.3) is 0 Å². The Kier molecular flexibility index (Phi) is 6.10. The smallest absolute Gasteiger partial charge is 0.258 e. The highest BCUT2D eigenvalue weighted by molar-refractivity contribution is 6.09. The Labute approximate surface area is 188 Å². The molecular formula is C27H28N2O3. The van der Waals surface area contributed by atoms with E-state index in [0.29, 0.717) is 29.8 Å². The number of aliphatic hydroxyl groups is 1. The number of anilines is 2. The van der Waals surface area contributed by atoms with Crippen LogP contribution in [0.15, 0.2) is 60.7 Å². The molecule has 1 aliphatic heterocycles. The molecular weight excluding hydrogens is 400 g/mol. The molecule has 2 N–H and O–H groups in total. The van der Waals surface area contributed by atoms with Gasteiger partial charge >= 0.3 is 0 Å². The van der Waals surface area contributed by atoms with Gasteiger partial charge in [-0.1, -0.05) is 35.9 Å². The molecule has 1 atom stereocenters. The van der Waals surface area contributed by atoms with Crippen LogP contribution in [0.1, 0.15) is 61.9 Å². The maximum atomic E-state index is 13.5. The highest BCUT2D eigenvalue weighted by Crippen LogP contribution is 2.35. The van der Waals surface area contributed by atoms with Gasteiger partial charge in [-0.25, -0.2) is 0 Å². The van der Waals surface area contributed by atoms with E-state index in [1.54, 1.807) is 23.1 Å². The summed E-state index contributed by atoms with van der Waals surface area (Å²) in [7, 11) is 0. The molecule has 0 radical (unpaired) electrons. The van der Waals surface area contributed by atoms with Gasteiger partial charge in [-0.2, -0.15) is 0 Å². The van der Waals surface area contributed by atoms with Crippen LogP contribution in [-0.4, -0.2) is 23.5 Å². The van der Waals surface area contributed by atoms with E-state index in [1.807, 2.05) is 63.2 Å². The van der Waals surface area contributed by atoms with Crippen LogP contribution < -0.4 is 10.2 Å². The standard InChI is InChI=1S/C27H28N2O3/c1-17-10-13-24-23(15-17)25(30)9-6-14-29(24)27(32)22-12-11-20(16-19(22)3)28-26(31)21-8-5-4-7-18(21)2/h4-5,7-8,10-13,15-16,25,30H,6,9,14H2,1-3H3,(H,28,31). The van der Waals surface area contributed by atoms with Crippen molar-refractivity contribution in [3.05, 3.63) is 94.0 Å². The summed E-state index contributed by atoms with van der Waals surface area (Å²) in [6, 6.07) is 18.6. The maximum absolute atomic E-state index is 13.5. The van der Waals surface area contributed by atoms with Gasteiger partial charge in [0.25, 0.3) is 11.8 Å². The largest absolute Gasteiger partial charge is 0.388 e. The lowest BCUT2D eigenvalue weighted by Gasteiger charge is -2.24.